The number of hydrogen-bond acceptors (Lipinski definition) is 17. The van der Waals surface area contributed by atoms with Crippen molar-refractivity contribution >= 4 is 22.0 Å². The summed E-state index contributed by atoms with van der Waals surface area (Å²) in [5.74, 6) is -0.282. The number of anilines is 1. The van der Waals surface area contributed by atoms with Gasteiger partial charge in [0, 0.05) is 19.0 Å². The van der Waals surface area contributed by atoms with E-state index in [1.807, 2.05) is 20.8 Å². The lowest BCUT2D eigenvalue weighted by molar-refractivity contribution is -0.492. The molecule has 0 bridgehead atoms. The molecular weight excluding hydrogens is 704 g/mol. The molecule has 18 nitrogen and oxygen atoms in total. The van der Waals surface area contributed by atoms with Gasteiger partial charge in [0.25, 0.3) is 15.9 Å². The summed E-state index contributed by atoms with van der Waals surface area (Å²) in [7, 11) is -2.81. The number of rotatable bonds is 19. The maximum atomic E-state index is 13.8. The normalized spacial score (nSPS) is 11.6. The second kappa shape index (κ2) is 18.9. The van der Waals surface area contributed by atoms with Crippen LogP contribution in [-0.2, 0) is 34.5 Å². The Balaban J connectivity index is 1.56. The largest absolute Gasteiger partial charge is 0.508 e. The SMILES string of the molecule is COc1ccccc1Oc1c(NS(=O)(=O)c2ccc(C(C)(C)C)cc2)nc(-c2ncccn2)nc1OCCOC(=O)OCCOCCCON(O)O. The fraction of sp³-hybridized carbons (Fsp3) is 0.364. The Hall–Kier alpha value is -5.18. The van der Waals surface area contributed by atoms with Gasteiger partial charge in [0.05, 0.1) is 30.6 Å². The number of hydrogen-bond donors (Lipinski definition) is 3. The van der Waals surface area contributed by atoms with Crippen LogP contribution < -0.4 is 18.9 Å². The lowest BCUT2D eigenvalue weighted by Gasteiger charge is -2.20. The van der Waals surface area contributed by atoms with Gasteiger partial charge in [-0.1, -0.05) is 45.0 Å². The Kier molecular flexibility index (Phi) is 14.4. The van der Waals surface area contributed by atoms with Gasteiger partial charge < -0.3 is 28.4 Å². The Morgan fingerprint density at radius 2 is 1.50 bits per heavy atom. The summed E-state index contributed by atoms with van der Waals surface area (Å²) >= 11 is 0. The summed E-state index contributed by atoms with van der Waals surface area (Å²) < 4.78 is 62.8. The predicted molar refractivity (Wildman–Crippen MR) is 182 cm³/mol. The molecule has 4 aromatic rings. The van der Waals surface area contributed by atoms with Crippen molar-refractivity contribution in [3.63, 3.8) is 0 Å². The third-order valence-corrected chi connectivity index (χ3v) is 8.13. The van der Waals surface area contributed by atoms with E-state index in [1.54, 1.807) is 42.5 Å². The molecule has 0 aliphatic carbocycles. The summed E-state index contributed by atoms with van der Waals surface area (Å²) in [5.41, 5.74) is 0.737. The highest BCUT2D eigenvalue weighted by Crippen LogP contribution is 2.41. The molecule has 2 heterocycles. The van der Waals surface area contributed by atoms with Crippen molar-refractivity contribution in [2.45, 2.75) is 37.5 Å². The number of benzene rings is 2. The topological polar surface area (TPSA) is 223 Å². The van der Waals surface area contributed by atoms with E-state index in [1.165, 1.54) is 31.6 Å². The minimum atomic E-state index is -4.25. The highest BCUT2D eigenvalue weighted by Gasteiger charge is 2.26. The van der Waals surface area contributed by atoms with Crippen molar-refractivity contribution in [2.24, 2.45) is 0 Å². The standard InChI is InChI=1S/C33H40N6O12S/c1-33(2,3)23-11-13-24(14-12-23)52(43,44)38-28-27(51-26-10-6-5-9-25(26)45-4)31(37-30(36-28)29-34-15-7-16-35-29)47-21-22-49-32(40)48-20-19-46-17-8-18-50-39(41)42/h5-7,9-16,41-42H,8,17-22H2,1-4H3,(H,36,37,38). The molecule has 19 heteroatoms. The van der Waals surface area contributed by atoms with Crippen molar-refractivity contribution in [3.05, 3.63) is 72.6 Å². The zero-order valence-corrected chi connectivity index (χ0v) is 29.7. The Morgan fingerprint density at radius 1 is 0.827 bits per heavy atom. The molecule has 2 aromatic heterocycles. The van der Waals surface area contributed by atoms with E-state index >= 15 is 0 Å². The first-order valence-corrected chi connectivity index (χ1v) is 17.3. The van der Waals surface area contributed by atoms with E-state index < -0.39 is 21.6 Å². The minimum absolute atomic E-state index is 0.00651. The summed E-state index contributed by atoms with van der Waals surface area (Å²) in [6.07, 6.45) is 2.29. The number of carbonyl (C=O) groups excluding carboxylic acids is 1. The first kappa shape index (κ1) is 39.6. The van der Waals surface area contributed by atoms with E-state index in [-0.39, 0.29) is 84.8 Å². The number of methoxy groups -OCH3 is 1. The first-order valence-electron chi connectivity index (χ1n) is 15.8. The van der Waals surface area contributed by atoms with Crippen LogP contribution in [0.3, 0.4) is 0 Å². The Bertz CT molecular complexity index is 1840. The number of para-hydroxylation sites is 2. The van der Waals surface area contributed by atoms with Crippen molar-refractivity contribution in [2.75, 3.05) is 51.5 Å². The van der Waals surface area contributed by atoms with Crippen LogP contribution in [0.4, 0.5) is 10.6 Å². The number of ether oxygens (including phenoxy) is 6. The van der Waals surface area contributed by atoms with E-state index in [2.05, 4.69) is 29.5 Å². The molecule has 0 saturated carbocycles. The quantitative estimate of drug-likeness (QED) is 0.0667. The molecule has 0 aliphatic rings. The molecule has 280 valence electrons. The second-order valence-electron chi connectivity index (χ2n) is 11.6. The fourth-order valence-electron chi connectivity index (χ4n) is 4.24. The van der Waals surface area contributed by atoms with E-state index in [0.29, 0.717) is 12.2 Å². The molecule has 0 spiro atoms. The number of aromatic nitrogens is 4. The average molecular weight is 745 g/mol. The minimum Gasteiger partial charge on any atom is -0.493 e. The van der Waals surface area contributed by atoms with E-state index in [9.17, 15) is 13.2 Å². The average Bonchev–Trinajstić information content (AvgIpc) is 3.12. The molecule has 0 fully saturated rings. The summed E-state index contributed by atoms with van der Waals surface area (Å²) in [6.45, 7) is 5.65. The smallest absolute Gasteiger partial charge is 0.493 e. The van der Waals surface area contributed by atoms with E-state index in [0.717, 1.165) is 5.56 Å². The maximum absolute atomic E-state index is 13.8. The van der Waals surface area contributed by atoms with Crippen LogP contribution in [0.5, 0.6) is 23.1 Å². The molecule has 3 N–H and O–H groups in total. The van der Waals surface area contributed by atoms with Gasteiger partial charge >= 0.3 is 6.16 Å². The van der Waals surface area contributed by atoms with Crippen LogP contribution in [0, 0.1) is 0 Å². The van der Waals surface area contributed by atoms with Crippen molar-refractivity contribution in [3.8, 4) is 34.8 Å². The van der Waals surface area contributed by atoms with Gasteiger partial charge in [-0.05, 0) is 47.7 Å². The summed E-state index contributed by atoms with van der Waals surface area (Å²) in [4.78, 5) is 33.7. The molecule has 52 heavy (non-hydrogen) atoms. The van der Waals surface area contributed by atoms with Gasteiger partial charge in [-0.25, -0.2) is 28.2 Å². The summed E-state index contributed by atoms with van der Waals surface area (Å²) in [5, 5.41) is 16.6. The van der Waals surface area contributed by atoms with Gasteiger partial charge in [0.15, 0.2) is 23.1 Å². The summed E-state index contributed by atoms with van der Waals surface area (Å²) in [6, 6.07) is 14.7. The zero-order valence-electron chi connectivity index (χ0n) is 28.9. The van der Waals surface area contributed by atoms with Gasteiger partial charge in [0.1, 0.15) is 19.8 Å². The van der Waals surface area contributed by atoms with Crippen LogP contribution >= 0.6 is 0 Å². The van der Waals surface area contributed by atoms with Crippen LogP contribution in [-0.4, -0.2) is 97.1 Å². The highest BCUT2D eigenvalue weighted by atomic mass is 32.2. The highest BCUT2D eigenvalue weighted by molar-refractivity contribution is 7.92. The Morgan fingerprint density at radius 3 is 2.15 bits per heavy atom. The maximum Gasteiger partial charge on any atom is 0.508 e. The predicted octanol–water partition coefficient (Wildman–Crippen LogP) is 4.78. The Labute approximate surface area is 300 Å². The molecule has 0 saturated heterocycles. The molecule has 0 aliphatic heterocycles. The number of sulfonamides is 1. The van der Waals surface area contributed by atoms with Gasteiger partial charge in [0.2, 0.25) is 11.6 Å². The third-order valence-electron chi connectivity index (χ3n) is 6.77. The third kappa shape index (κ3) is 12.0. The van der Waals surface area contributed by atoms with Crippen LogP contribution in [0.25, 0.3) is 11.6 Å². The second-order valence-corrected chi connectivity index (χ2v) is 13.3. The zero-order chi connectivity index (χ0) is 37.6. The number of carbonyl (C=O) groups is 1. The van der Waals surface area contributed by atoms with E-state index in [4.69, 9.17) is 38.8 Å². The molecule has 0 amide bonds. The first-order chi connectivity index (χ1) is 24.9. The van der Waals surface area contributed by atoms with Crippen LogP contribution in [0.15, 0.2) is 71.9 Å². The molecule has 0 atom stereocenters. The lowest BCUT2D eigenvalue weighted by atomic mass is 9.87. The van der Waals surface area contributed by atoms with Crippen molar-refractivity contribution in [1.29, 1.82) is 0 Å². The van der Waals surface area contributed by atoms with Crippen molar-refractivity contribution < 1.29 is 56.9 Å². The van der Waals surface area contributed by atoms with Gasteiger partial charge in [-0.2, -0.15) is 4.98 Å². The lowest BCUT2D eigenvalue weighted by Crippen LogP contribution is -2.18. The molecular formula is C33H40N6O12S. The molecule has 4 rings (SSSR count). The van der Waals surface area contributed by atoms with Crippen molar-refractivity contribution in [1.82, 2.24) is 25.3 Å². The molecule has 0 radical (unpaired) electrons. The molecule has 0 unspecified atom stereocenters. The molecule has 2 aromatic carbocycles. The number of nitrogens with zero attached hydrogens (tertiary/aromatic N) is 5. The van der Waals surface area contributed by atoms with Gasteiger partial charge in [-0.15, -0.1) is 0 Å². The monoisotopic (exact) mass is 744 g/mol. The van der Waals surface area contributed by atoms with Crippen LogP contribution in [0.2, 0.25) is 0 Å². The fourth-order valence-corrected chi connectivity index (χ4v) is 5.24. The van der Waals surface area contributed by atoms with Crippen LogP contribution in [0.1, 0.15) is 32.8 Å². The van der Waals surface area contributed by atoms with Gasteiger partial charge in [-0.3, -0.25) is 20.0 Å². The number of nitrogens with one attached hydrogen (secondary N) is 1.